The van der Waals surface area contributed by atoms with E-state index in [4.69, 9.17) is 10.00 Å². The first-order valence-electron chi connectivity index (χ1n) is 7.72. The number of hydrogen-bond acceptors (Lipinski definition) is 6. The van der Waals surface area contributed by atoms with Crippen LogP contribution in [0.4, 0.5) is 0 Å². The number of nitriles is 2. The second-order valence-electron chi connectivity index (χ2n) is 5.04. The van der Waals surface area contributed by atoms with Gasteiger partial charge < -0.3 is 10.1 Å². The van der Waals surface area contributed by atoms with Gasteiger partial charge in [-0.15, -0.1) is 0 Å². The van der Waals surface area contributed by atoms with Crippen LogP contribution in [-0.2, 0) is 9.53 Å². The summed E-state index contributed by atoms with van der Waals surface area (Å²) in [5, 5.41) is 20.1. The number of nitrogens with one attached hydrogen (secondary N) is 1. The van der Waals surface area contributed by atoms with E-state index in [1.165, 1.54) is 11.8 Å². The van der Waals surface area contributed by atoms with E-state index in [0.717, 1.165) is 4.90 Å². The van der Waals surface area contributed by atoms with Gasteiger partial charge in [0.05, 0.1) is 23.6 Å². The second kappa shape index (κ2) is 9.87. The Morgan fingerprint density at radius 1 is 1.04 bits per heavy atom. The molecule has 1 amide bonds. The molecular formula is C19H15N3O3S. The normalized spacial score (nSPS) is 9.62. The first-order chi connectivity index (χ1) is 12.7. The van der Waals surface area contributed by atoms with E-state index in [2.05, 4.69) is 11.4 Å². The van der Waals surface area contributed by atoms with Crippen molar-refractivity contribution in [2.24, 2.45) is 0 Å². The lowest BCUT2D eigenvalue weighted by molar-refractivity contribution is -0.124. The molecule has 7 heteroatoms. The highest BCUT2D eigenvalue weighted by atomic mass is 32.2. The highest BCUT2D eigenvalue weighted by Crippen LogP contribution is 2.32. The van der Waals surface area contributed by atoms with Gasteiger partial charge in [0.1, 0.15) is 6.07 Å². The lowest BCUT2D eigenvalue weighted by Crippen LogP contribution is -2.29. The molecule has 0 atom stereocenters. The van der Waals surface area contributed by atoms with Crippen molar-refractivity contribution >= 4 is 23.6 Å². The van der Waals surface area contributed by atoms with Crippen molar-refractivity contribution in [3.05, 3.63) is 59.7 Å². The zero-order valence-electron chi connectivity index (χ0n) is 13.8. The molecule has 0 unspecified atom stereocenters. The summed E-state index contributed by atoms with van der Waals surface area (Å²) in [7, 11) is 0. The van der Waals surface area contributed by atoms with Crippen LogP contribution >= 0.6 is 11.8 Å². The van der Waals surface area contributed by atoms with Gasteiger partial charge in [0.2, 0.25) is 0 Å². The van der Waals surface area contributed by atoms with Gasteiger partial charge in [0, 0.05) is 16.3 Å². The summed E-state index contributed by atoms with van der Waals surface area (Å²) in [6.07, 6.45) is 0.192. The van der Waals surface area contributed by atoms with Crippen LogP contribution in [0.15, 0.2) is 58.3 Å². The molecular weight excluding hydrogens is 350 g/mol. The number of amides is 1. The molecule has 0 aromatic heterocycles. The minimum absolute atomic E-state index is 0.192. The number of benzene rings is 2. The van der Waals surface area contributed by atoms with E-state index in [1.54, 1.807) is 42.5 Å². The fraction of sp³-hybridized carbons (Fsp3) is 0.158. The van der Waals surface area contributed by atoms with Crippen LogP contribution in [0.3, 0.4) is 0 Å². The molecule has 2 aromatic carbocycles. The summed E-state index contributed by atoms with van der Waals surface area (Å²) in [5.74, 6) is -1.09. The molecule has 0 aliphatic rings. The van der Waals surface area contributed by atoms with Gasteiger partial charge in [-0.1, -0.05) is 36.0 Å². The molecule has 26 heavy (non-hydrogen) atoms. The van der Waals surface area contributed by atoms with E-state index in [-0.39, 0.29) is 13.0 Å². The monoisotopic (exact) mass is 365 g/mol. The first-order valence-corrected chi connectivity index (χ1v) is 8.54. The Bertz CT molecular complexity index is 884. The van der Waals surface area contributed by atoms with Gasteiger partial charge in [-0.25, -0.2) is 4.79 Å². The Morgan fingerprint density at radius 3 is 2.46 bits per heavy atom. The van der Waals surface area contributed by atoms with Crippen molar-refractivity contribution in [1.82, 2.24) is 5.32 Å². The van der Waals surface area contributed by atoms with Gasteiger partial charge in [-0.3, -0.25) is 4.79 Å². The van der Waals surface area contributed by atoms with E-state index in [0.29, 0.717) is 16.0 Å². The SMILES string of the molecule is N#CCCNC(=O)COC(=O)c1ccccc1Sc1ccccc1C#N. The number of rotatable bonds is 7. The number of carbonyl (C=O) groups is 2. The Kier molecular flexibility index (Phi) is 7.23. The summed E-state index contributed by atoms with van der Waals surface area (Å²) in [4.78, 5) is 25.2. The summed E-state index contributed by atoms with van der Waals surface area (Å²) in [6, 6.07) is 17.9. The fourth-order valence-electron chi connectivity index (χ4n) is 2.01. The maximum atomic E-state index is 12.3. The smallest absolute Gasteiger partial charge is 0.339 e. The third-order valence-electron chi connectivity index (χ3n) is 3.23. The van der Waals surface area contributed by atoms with E-state index >= 15 is 0 Å². The predicted molar refractivity (Wildman–Crippen MR) is 95.2 cm³/mol. The largest absolute Gasteiger partial charge is 0.452 e. The third kappa shape index (κ3) is 5.37. The predicted octanol–water partition coefficient (Wildman–Crippen LogP) is 2.90. The molecule has 0 saturated heterocycles. The van der Waals surface area contributed by atoms with Gasteiger partial charge in [-0.05, 0) is 24.3 Å². The van der Waals surface area contributed by atoms with Gasteiger partial charge in [-0.2, -0.15) is 10.5 Å². The molecule has 0 aliphatic heterocycles. The molecule has 1 N–H and O–H groups in total. The molecule has 2 rings (SSSR count). The number of ether oxygens (including phenoxy) is 1. The van der Waals surface area contributed by atoms with Crippen molar-refractivity contribution in [2.45, 2.75) is 16.2 Å². The topological polar surface area (TPSA) is 103 Å². The van der Waals surface area contributed by atoms with Gasteiger partial charge in [0.15, 0.2) is 6.61 Å². The summed E-state index contributed by atoms with van der Waals surface area (Å²) in [5.41, 5.74) is 0.826. The number of carbonyl (C=O) groups excluding carboxylic acids is 2. The van der Waals surface area contributed by atoms with Gasteiger partial charge in [0.25, 0.3) is 5.91 Å². The van der Waals surface area contributed by atoms with Crippen molar-refractivity contribution in [3.63, 3.8) is 0 Å². The molecule has 0 fully saturated rings. The second-order valence-corrected chi connectivity index (χ2v) is 6.12. The highest BCUT2D eigenvalue weighted by molar-refractivity contribution is 7.99. The van der Waals surface area contributed by atoms with E-state index < -0.39 is 18.5 Å². The molecule has 0 radical (unpaired) electrons. The first kappa shape index (κ1) is 19.0. The van der Waals surface area contributed by atoms with Crippen LogP contribution in [0.5, 0.6) is 0 Å². The lowest BCUT2D eigenvalue weighted by Gasteiger charge is -2.10. The zero-order valence-corrected chi connectivity index (χ0v) is 14.6. The molecule has 0 spiro atoms. The fourth-order valence-corrected chi connectivity index (χ4v) is 3.02. The molecule has 0 saturated carbocycles. The van der Waals surface area contributed by atoms with Crippen LogP contribution in [0.25, 0.3) is 0 Å². The summed E-state index contributed by atoms with van der Waals surface area (Å²) < 4.78 is 5.04. The number of nitrogens with zero attached hydrogens (tertiary/aromatic N) is 2. The van der Waals surface area contributed by atoms with Gasteiger partial charge >= 0.3 is 5.97 Å². The Hall–Kier alpha value is -3.29. The summed E-state index contributed by atoms with van der Waals surface area (Å²) >= 11 is 1.28. The number of hydrogen-bond donors (Lipinski definition) is 1. The van der Waals surface area contributed by atoms with E-state index in [9.17, 15) is 14.9 Å². The maximum absolute atomic E-state index is 12.3. The van der Waals surface area contributed by atoms with Crippen molar-refractivity contribution in [2.75, 3.05) is 13.2 Å². The highest BCUT2D eigenvalue weighted by Gasteiger charge is 2.16. The average Bonchev–Trinajstić information content (AvgIpc) is 2.67. The summed E-state index contributed by atoms with van der Waals surface area (Å²) in [6.45, 7) is -0.206. The number of esters is 1. The zero-order chi connectivity index (χ0) is 18.8. The van der Waals surface area contributed by atoms with Crippen LogP contribution in [-0.4, -0.2) is 25.0 Å². The molecule has 0 heterocycles. The third-order valence-corrected chi connectivity index (χ3v) is 4.38. The Labute approximate surface area is 155 Å². The van der Waals surface area contributed by atoms with Crippen LogP contribution < -0.4 is 5.32 Å². The van der Waals surface area contributed by atoms with Crippen LogP contribution in [0.1, 0.15) is 22.3 Å². The lowest BCUT2D eigenvalue weighted by atomic mass is 10.2. The minimum Gasteiger partial charge on any atom is -0.452 e. The molecule has 0 bridgehead atoms. The molecule has 130 valence electrons. The van der Waals surface area contributed by atoms with Crippen molar-refractivity contribution < 1.29 is 14.3 Å². The standard InChI is InChI=1S/C19H15N3O3S/c20-10-5-11-22-18(23)13-25-19(24)15-7-2-4-9-17(15)26-16-8-3-1-6-14(16)12-21/h1-4,6-9H,5,11,13H2,(H,22,23). The average molecular weight is 365 g/mol. The van der Waals surface area contributed by atoms with Crippen LogP contribution in [0, 0.1) is 22.7 Å². The minimum atomic E-state index is -0.627. The Morgan fingerprint density at radius 2 is 1.73 bits per heavy atom. The van der Waals surface area contributed by atoms with Crippen molar-refractivity contribution in [1.29, 1.82) is 10.5 Å². The quantitative estimate of drug-likeness (QED) is 0.598. The van der Waals surface area contributed by atoms with Crippen LogP contribution in [0.2, 0.25) is 0 Å². The molecule has 0 aliphatic carbocycles. The molecule has 2 aromatic rings. The van der Waals surface area contributed by atoms with E-state index in [1.807, 2.05) is 12.1 Å². The maximum Gasteiger partial charge on any atom is 0.339 e. The van der Waals surface area contributed by atoms with Crippen molar-refractivity contribution in [3.8, 4) is 12.1 Å². The Balaban J connectivity index is 2.06. The molecule has 6 nitrogen and oxygen atoms in total.